The van der Waals surface area contributed by atoms with Crippen molar-refractivity contribution >= 4 is 11.9 Å². The third-order valence-electron chi connectivity index (χ3n) is 2.91. The predicted octanol–water partition coefficient (Wildman–Crippen LogP) is 1.10. The average molecular weight is 242 g/mol. The highest BCUT2D eigenvalue weighted by Crippen LogP contribution is 2.09. The maximum absolute atomic E-state index is 11.9. The van der Waals surface area contributed by atoms with Crippen LogP contribution in [-0.2, 0) is 0 Å². The number of amides is 2. The number of hydrogen-bond acceptors (Lipinski definition) is 3. The topological polar surface area (TPSA) is 91.0 Å². The molecule has 0 saturated carbocycles. The molecule has 0 aliphatic carbocycles. The number of rotatable bonds is 3. The summed E-state index contributed by atoms with van der Waals surface area (Å²) < 4.78 is 0. The van der Waals surface area contributed by atoms with E-state index in [1.165, 1.54) is 12.8 Å². The molecule has 0 spiro atoms. The molecule has 1 saturated heterocycles. The van der Waals surface area contributed by atoms with Crippen LogP contribution in [0.2, 0.25) is 0 Å². The average Bonchev–Trinajstić information content (AvgIpc) is 2.57. The van der Waals surface area contributed by atoms with Crippen molar-refractivity contribution in [3.05, 3.63) is 0 Å². The van der Waals surface area contributed by atoms with Crippen LogP contribution in [0, 0.1) is 0 Å². The number of nitrogens with zero attached hydrogens (tertiary/aromatic N) is 2. The fourth-order valence-electron chi connectivity index (χ4n) is 1.98. The van der Waals surface area contributed by atoms with Crippen molar-refractivity contribution < 1.29 is 10.0 Å². The summed E-state index contributed by atoms with van der Waals surface area (Å²) in [6.45, 7) is 3.48. The van der Waals surface area contributed by atoms with Crippen molar-refractivity contribution in [1.29, 1.82) is 0 Å². The van der Waals surface area contributed by atoms with E-state index in [1.807, 2.05) is 11.8 Å². The van der Waals surface area contributed by atoms with Gasteiger partial charge in [0.15, 0.2) is 0 Å². The minimum absolute atomic E-state index is 0.0508. The van der Waals surface area contributed by atoms with Gasteiger partial charge in [0.05, 0.1) is 0 Å². The molecule has 4 N–H and O–H groups in total. The Morgan fingerprint density at radius 3 is 2.53 bits per heavy atom. The molecule has 0 aromatic carbocycles. The fourth-order valence-corrected chi connectivity index (χ4v) is 1.98. The van der Waals surface area contributed by atoms with Gasteiger partial charge in [-0.3, -0.25) is 0 Å². The molecule has 1 heterocycles. The second-order valence-electron chi connectivity index (χ2n) is 4.55. The normalized spacial score (nSPS) is 19.6. The largest absolute Gasteiger partial charge is 0.409 e. The Morgan fingerprint density at radius 2 is 2.00 bits per heavy atom. The number of amidine groups is 1. The first-order chi connectivity index (χ1) is 8.13. The Hall–Kier alpha value is -1.46. The van der Waals surface area contributed by atoms with E-state index in [2.05, 4.69) is 10.5 Å². The minimum Gasteiger partial charge on any atom is -0.409 e. The molecule has 1 aliphatic heterocycles. The van der Waals surface area contributed by atoms with E-state index in [9.17, 15) is 4.79 Å². The molecule has 1 unspecified atom stereocenters. The van der Waals surface area contributed by atoms with Gasteiger partial charge in [0, 0.05) is 25.6 Å². The first kappa shape index (κ1) is 13.6. The van der Waals surface area contributed by atoms with Crippen LogP contribution in [0.15, 0.2) is 5.16 Å². The van der Waals surface area contributed by atoms with Gasteiger partial charge in [0.25, 0.3) is 0 Å². The number of nitrogens with two attached hydrogens (primary N) is 1. The summed E-state index contributed by atoms with van der Waals surface area (Å²) in [5.74, 6) is 0.133. The summed E-state index contributed by atoms with van der Waals surface area (Å²) in [5.41, 5.74) is 5.39. The zero-order valence-electron chi connectivity index (χ0n) is 10.4. The molecular weight excluding hydrogens is 220 g/mol. The lowest BCUT2D eigenvalue weighted by molar-refractivity contribution is 0.196. The van der Waals surface area contributed by atoms with Crippen LogP contribution in [0.3, 0.4) is 0 Å². The van der Waals surface area contributed by atoms with Crippen LogP contribution in [-0.4, -0.2) is 41.1 Å². The van der Waals surface area contributed by atoms with E-state index in [1.54, 1.807) is 0 Å². The van der Waals surface area contributed by atoms with Crippen molar-refractivity contribution in [2.75, 3.05) is 13.1 Å². The summed E-state index contributed by atoms with van der Waals surface area (Å²) in [7, 11) is 0. The van der Waals surface area contributed by atoms with Gasteiger partial charge < -0.3 is 21.2 Å². The van der Waals surface area contributed by atoms with Gasteiger partial charge in [0.1, 0.15) is 5.84 Å². The van der Waals surface area contributed by atoms with Crippen molar-refractivity contribution in [3.8, 4) is 0 Å². The van der Waals surface area contributed by atoms with Crippen molar-refractivity contribution in [3.63, 3.8) is 0 Å². The molecule has 6 heteroatoms. The zero-order chi connectivity index (χ0) is 12.7. The Kier molecular flexibility index (Phi) is 5.59. The highest BCUT2D eigenvalue weighted by molar-refractivity contribution is 5.81. The molecule has 0 aromatic heterocycles. The van der Waals surface area contributed by atoms with Gasteiger partial charge >= 0.3 is 6.03 Å². The number of nitrogens with one attached hydrogen (secondary N) is 1. The van der Waals surface area contributed by atoms with Crippen molar-refractivity contribution in [2.24, 2.45) is 10.9 Å². The summed E-state index contributed by atoms with van der Waals surface area (Å²) in [6.07, 6.45) is 4.90. The molecule has 0 bridgehead atoms. The third-order valence-corrected chi connectivity index (χ3v) is 2.91. The smallest absolute Gasteiger partial charge is 0.317 e. The van der Waals surface area contributed by atoms with Gasteiger partial charge in [-0.2, -0.15) is 0 Å². The molecule has 2 amide bonds. The van der Waals surface area contributed by atoms with Crippen LogP contribution in [0.1, 0.15) is 39.0 Å². The molecule has 0 radical (unpaired) electrons. The summed E-state index contributed by atoms with van der Waals surface area (Å²) in [4.78, 5) is 13.7. The molecular formula is C11H22N4O2. The summed E-state index contributed by atoms with van der Waals surface area (Å²) in [5, 5.41) is 14.2. The lowest BCUT2D eigenvalue weighted by atomic mass is 10.2. The third kappa shape index (κ3) is 4.93. The minimum atomic E-state index is -0.123. The number of likely N-dealkylation sites (tertiary alicyclic amines) is 1. The molecule has 98 valence electrons. The van der Waals surface area contributed by atoms with Crippen LogP contribution >= 0.6 is 0 Å². The van der Waals surface area contributed by atoms with Crippen LogP contribution in [0.4, 0.5) is 4.79 Å². The van der Waals surface area contributed by atoms with Crippen LogP contribution < -0.4 is 11.1 Å². The molecule has 1 rings (SSSR count). The van der Waals surface area contributed by atoms with E-state index < -0.39 is 0 Å². The predicted molar refractivity (Wildman–Crippen MR) is 66.1 cm³/mol. The molecule has 1 atom stereocenters. The van der Waals surface area contributed by atoms with Crippen LogP contribution in [0.25, 0.3) is 0 Å². The molecule has 17 heavy (non-hydrogen) atoms. The van der Waals surface area contributed by atoms with Crippen molar-refractivity contribution in [1.82, 2.24) is 10.2 Å². The van der Waals surface area contributed by atoms with E-state index >= 15 is 0 Å². The quantitative estimate of drug-likeness (QED) is 0.299. The maximum atomic E-state index is 11.9. The SMILES string of the molecule is CC(CC(N)=NO)NC(=O)N1CCCCCC1. The fraction of sp³-hybridized carbons (Fsp3) is 0.818. The zero-order valence-corrected chi connectivity index (χ0v) is 10.4. The first-order valence-electron chi connectivity index (χ1n) is 6.15. The van der Waals surface area contributed by atoms with Gasteiger partial charge in [-0.25, -0.2) is 4.79 Å². The van der Waals surface area contributed by atoms with Crippen LogP contribution in [0.5, 0.6) is 0 Å². The second kappa shape index (κ2) is 6.98. The lowest BCUT2D eigenvalue weighted by Crippen LogP contribution is -2.45. The Morgan fingerprint density at radius 1 is 1.41 bits per heavy atom. The van der Waals surface area contributed by atoms with Gasteiger partial charge in [-0.05, 0) is 19.8 Å². The summed E-state index contributed by atoms with van der Waals surface area (Å²) in [6, 6.07) is -0.174. The van der Waals surface area contributed by atoms with Crippen molar-refractivity contribution in [2.45, 2.75) is 45.1 Å². The van der Waals surface area contributed by atoms with Gasteiger partial charge in [-0.1, -0.05) is 18.0 Å². The molecule has 0 aromatic rings. The molecule has 6 nitrogen and oxygen atoms in total. The van der Waals surface area contributed by atoms with Gasteiger partial charge in [0.2, 0.25) is 0 Å². The molecule has 1 fully saturated rings. The summed E-state index contributed by atoms with van der Waals surface area (Å²) >= 11 is 0. The number of urea groups is 1. The highest BCUT2D eigenvalue weighted by atomic mass is 16.4. The number of hydrogen-bond donors (Lipinski definition) is 3. The maximum Gasteiger partial charge on any atom is 0.317 e. The Labute approximate surface area is 102 Å². The Bertz CT molecular complexity index is 273. The van der Waals surface area contributed by atoms with E-state index in [0.29, 0.717) is 6.42 Å². The van der Waals surface area contributed by atoms with Gasteiger partial charge in [-0.15, -0.1) is 0 Å². The number of oxime groups is 1. The molecule has 1 aliphatic rings. The second-order valence-corrected chi connectivity index (χ2v) is 4.55. The first-order valence-corrected chi connectivity index (χ1v) is 6.15. The lowest BCUT2D eigenvalue weighted by Gasteiger charge is -2.23. The standard InChI is InChI=1S/C11H22N4O2/c1-9(8-10(12)14-17)13-11(16)15-6-4-2-3-5-7-15/h9,17H,2-8H2,1H3,(H2,12,14)(H,13,16). The monoisotopic (exact) mass is 242 g/mol. The Balaban J connectivity index is 2.36. The van der Waals surface area contributed by atoms with E-state index in [-0.39, 0.29) is 17.9 Å². The van der Waals surface area contributed by atoms with E-state index in [4.69, 9.17) is 10.9 Å². The number of carbonyl (C=O) groups excluding carboxylic acids is 1. The highest BCUT2D eigenvalue weighted by Gasteiger charge is 2.17. The van der Waals surface area contributed by atoms with E-state index in [0.717, 1.165) is 25.9 Å². The number of carbonyl (C=O) groups is 1.